The van der Waals surface area contributed by atoms with E-state index in [0.29, 0.717) is 17.1 Å². The van der Waals surface area contributed by atoms with Crippen LogP contribution in [0, 0.1) is 13.8 Å². The highest BCUT2D eigenvalue weighted by Crippen LogP contribution is 2.39. The van der Waals surface area contributed by atoms with Crippen molar-refractivity contribution < 1.29 is 9.59 Å². The van der Waals surface area contributed by atoms with Crippen LogP contribution in [-0.2, 0) is 17.6 Å². The molecule has 1 aliphatic heterocycles. The minimum atomic E-state index is -0.122. The zero-order chi connectivity index (χ0) is 19.7. The van der Waals surface area contributed by atoms with E-state index in [9.17, 15) is 9.59 Å². The lowest BCUT2D eigenvalue weighted by Gasteiger charge is -2.15. The predicted octanol–water partition coefficient (Wildman–Crippen LogP) is 4.14. The first-order valence-electron chi connectivity index (χ1n) is 10.1. The van der Waals surface area contributed by atoms with Crippen LogP contribution < -0.4 is 10.6 Å². The Bertz CT molecular complexity index is 913. The summed E-state index contributed by atoms with van der Waals surface area (Å²) in [6.45, 7) is 6.40. The third-order valence-corrected chi connectivity index (χ3v) is 6.80. The summed E-state index contributed by atoms with van der Waals surface area (Å²) in [5.74, 6) is -0.148. The summed E-state index contributed by atoms with van der Waals surface area (Å²) < 4.78 is 0. The highest BCUT2D eigenvalue weighted by Gasteiger charge is 2.28. The van der Waals surface area contributed by atoms with E-state index in [0.717, 1.165) is 62.0 Å². The van der Waals surface area contributed by atoms with Gasteiger partial charge < -0.3 is 10.6 Å². The molecule has 2 N–H and O–H groups in total. The van der Waals surface area contributed by atoms with E-state index in [4.69, 9.17) is 0 Å². The molecule has 1 fully saturated rings. The van der Waals surface area contributed by atoms with Crippen LogP contribution in [0.1, 0.15) is 51.2 Å². The molecule has 2 aliphatic rings. The molecule has 0 saturated carbocycles. The number of fused-ring (bicyclic) bond motifs is 1. The number of nitrogens with zero attached hydrogens (tertiary/aromatic N) is 1. The Morgan fingerprint density at radius 2 is 1.86 bits per heavy atom. The van der Waals surface area contributed by atoms with E-state index in [1.54, 1.807) is 11.3 Å². The van der Waals surface area contributed by atoms with Crippen molar-refractivity contribution in [3.8, 4) is 0 Å². The van der Waals surface area contributed by atoms with Gasteiger partial charge in [0.05, 0.1) is 12.1 Å². The second-order valence-corrected chi connectivity index (χ2v) is 8.97. The fraction of sp³-hybridized carbons (Fsp3) is 0.455. The molecule has 0 bridgehead atoms. The molecular weight excluding hydrogens is 370 g/mol. The maximum atomic E-state index is 13.2. The Balaban J connectivity index is 1.55. The van der Waals surface area contributed by atoms with Crippen LogP contribution in [-0.4, -0.2) is 36.3 Å². The van der Waals surface area contributed by atoms with E-state index < -0.39 is 0 Å². The van der Waals surface area contributed by atoms with Crippen molar-refractivity contribution in [1.82, 2.24) is 4.90 Å². The molecule has 1 aromatic carbocycles. The number of benzene rings is 1. The molecule has 6 heteroatoms. The SMILES string of the molecule is Cc1ccc(NC(=O)c2c(NC(=O)CN3CCCC3)sc3c2CCC3)c(C)c1. The minimum Gasteiger partial charge on any atom is -0.322 e. The molecule has 2 aromatic rings. The van der Waals surface area contributed by atoms with E-state index in [1.807, 2.05) is 26.0 Å². The molecule has 1 aliphatic carbocycles. The number of hydrogen-bond acceptors (Lipinski definition) is 4. The standard InChI is InChI=1S/C22H27N3O2S/c1-14-8-9-17(15(2)12-14)23-21(27)20-16-6-5-7-18(16)28-22(20)24-19(26)13-25-10-3-4-11-25/h8-9,12H,3-7,10-11,13H2,1-2H3,(H,23,27)(H,24,26). The van der Waals surface area contributed by atoms with Crippen molar-refractivity contribution in [2.45, 2.75) is 46.0 Å². The lowest BCUT2D eigenvalue weighted by Crippen LogP contribution is -2.31. The number of carbonyl (C=O) groups is 2. The molecule has 4 rings (SSSR count). The Hall–Kier alpha value is -2.18. The number of amides is 2. The molecule has 0 atom stereocenters. The van der Waals surface area contributed by atoms with Crippen LogP contribution in [0.5, 0.6) is 0 Å². The van der Waals surface area contributed by atoms with E-state index in [-0.39, 0.29) is 11.8 Å². The molecule has 2 amide bonds. The van der Waals surface area contributed by atoms with Gasteiger partial charge in [-0.05, 0) is 76.2 Å². The second-order valence-electron chi connectivity index (χ2n) is 7.87. The fourth-order valence-electron chi connectivity index (χ4n) is 4.18. The van der Waals surface area contributed by atoms with E-state index in [1.165, 1.54) is 10.4 Å². The van der Waals surface area contributed by atoms with Crippen LogP contribution in [0.2, 0.25) is 0 Å². The van der Waals surface area contributed by atoms with Crippen molar-refractivity contribution in [2.75, 3.05) is 30.3 Å². The Morgan fingerprint density at radius 3 is 2.61 bits per heavy atom. The number of thiophene rings is 1. The summed E-state index contributed by atoms with van der Waals surface area (Å²) in [5.41, 5.74) is 4.81. The van der Waals surface area contributed by atoms with Gasteiger partial charge in [-0.25, -0.2) is 0 Å². The number of rotatable bonds is 5. The fourth-order valence-corrected chi connectivity index (χ4v) is 5.48. The number of aryl methyl sites for hydroxylation is 3. The van der Waals surface area contributed by atoms with Gasteiger partial charge in [-0.3, -0.25) is 14.5 Å². The normalized spacial score (nSPS) is 16.2. The average molecular weight is 398 g/mol. The van der Waals surface area contributed by atoms with Crippen LogP contribution >= 0.6 is 11.3 Å². The van der Waals surface area contributed by atoms with Crippen molar-refractivity contribution in [3.05, 3.63) is 45.3 Å². The molecule has 0 radical (unpaired) electrons. The van der Waals surface area contributed by atoms with Gasteiger partial charge in [-0.1, -0.05) is 17.7 Å². The number of likely N-dealkylation sites (tertiary alicyclic amines) is 1. The first-order valence-corrected chi connectivity index (χ1v) is 10.9. The predicted molar refractivity (Wildman–Crippen MR) is 115 cm³/mol. The second kappa shape index (κ2) is 8.05. The molecule has 1 aromatic heterocycles. The van der Waals surface area contributed by atoms with E-state index in [2.05, 4.69) is 21.6 Å². The summed E-state index contributed by atoms with van der Waals surface area (Å²) in [4.78, 5) is 29.1. The Kier molecular flexibility index (Phi) is 5.51. The summed E-state index contributed by atoms with van der Waals surface area (Å²) in [5, 5.41) is 6.80. The number of carbonyl (C=O) groups excluding carboxylic acids is 2. The van der Waals surface area contributed by atoms with Crippen molar-refractivity contribution in [2.24, 2.45) is 0 Å². The zero-order valence-electron chi connectivity index (χ0n) is 16.6. The van der Waals surface area contributed by atoms with Gasteiger partial charge in [0.25, 0.3) is 5.91 Å². The Labute approximate surface area is 170 Å². The summed E-state index contributed by atoms with van der Waals surface area (Å²) >= 11 is 1.57. The van der Waals surface area contributed by atoms with Crippen LogP contribution in [0.25, 0.3) is 0 Å². The van der Waals surface area contributed by atoms with Crippen LogP contribution in [0.3, 0.4) is 0 Å². The van der Waals surface area contributed by atoms with Gasteiger partial charge in [0.15, 0.2) is 0 Å². The molecule has 5 nitrogen and oxygen atoms in total. The third kappa shape index (κ3) is 3.98. The number of nitrogens with one attached hydrogen (secondary N) is 2. The molecule has 148 valence electrons. The first kappa shape index (κ1) is 19.2. The molecule has 1 saturated heterocycles. The zero-order valence-corrected chi connectivity index (χ0v) is 17.4. The average Bonchev–Trinajstić information content (AvgIpc) is 3.35. The number of hydrogen-bond donors (Lipinski definition) is 2. The topological polar surface area (TPSA) is 61.4 Å². The van der Waals surface area contributed by atoms with Gasteiger partial charge in [-0.15, -0.1) is 11.3 Å². The van der Waals surface area contributed by atoms with Crippen LogP contribution in [0.15, 0.2) is 18.2 Å². The monoisotopic (exact) mass is 397 g/mol. The summed E-state index contributed by atoms with van der Waals surface area (Å²) in [7, 11) is 0. The van der Waals surface area contributed by atoms with Gasteiger partial charge >= 0.3 is 0 Å². The van der Waals surface area contributed by atoms with Crippen molar-refractivity contribution in [3.63, 3.8) is 0 Å². The largest absolute Gasteiger partial charge is 0.322 e. The van der Waals surface area contributed by atoms with Crippen molar-refractivity contribution in [1.29, 1.82) is 0 Å². The summed E-state index contributed by atoms with van der Waals surface area (Å²) in [6.07, 6.45) is 5.29. The number of anilines is 2. The molecule has 2 heterocycles. The molecule has 0 spiro atoms. The molecular formula is C22H27N3O2S. The maximum Gasteiger partial charge on any atom is 0.258 e. The van der Waals surface area contributed by atoms with Gasteiger partial charge in [0.2, 0.25) is 5.91 Å². The van der Waals surface area contributed by atoms with E-state index >= 15 is 0 Å². The highest BCUT2D eigenvalue weighted by atomic mass is 32.1. The first-order chi connectivity index (χ1) is 13.5. The smallest absolute Gasteiger partial charge is 0.258 e. The third-order valence-electron chi connectivity index (χ3n) is 5.60. The highest BCUT2D eigenvalue weighted by molar-refractivity contribution is 7.17. The molecule has 0 unspecified atom stereocenters. The van der Waals surface area contributed by atoms with Gasteiger partial charge in [0.1, 0.15) is 5.00 Å². The lowest BCUT2D eigenvalue weighted by molar-refractivity contribution is -0.117. The quantitative estimate of drug-likeness (QED) is 0.797. The molecule has 28 heavy (non-hydrogen) atoms. The lowest BCUT2D eigenvalue weighted by atomic mass is 10.1. The van der Waals surface area contributed by atoms with Gasteiger partial charge in [0, 0.05) is 10.6 Å². The van der Waals surface area contributed by atoms with Gasteiger partial charge in [-0.2, -0.15) is 0 Å². The van der Waals surface area contributed by atoms with Crippen molar-refractivity contribution >= 4 is 33.8 Å². The van der Waals surface area contributed by atoms with Crippen LogP contribution in [0.4, 0.5) is 10.7 Å². The Morgan fingerprint density at radius 1 is 1.07 bits per heavy atom. The minimum absolute atomic E-state index is 0.0256. The maximum absolute atomic E-state index is 13.2. The summed E-state index contributed by atoms with van der Waals surface area (Å²) in [6, 6.07) is 6.01.